The molecule has 0 saturated carbocycles. The number of rotatable bonds is 5. The summed E-state index contributed by atoms with van der Waals surface area (Å²) in [4.78, 5) is 11.5. The summed E-state index contributed by atoms with van der Waals surface area (Å²) in [6.07, 6.45) is 3.82. The molecular formula is C20H27ClN6O. The molecule has 150 valence electrons. The van der Waals surface area contributed by atoms with Crippen LogP contribution in [0.25, 0.3) is 11.4 Å². The van der Waals surface area contributed by atoms with E-state index in [9.17, 15) is 0 Å². The van der Waals surface area contributed by atoms with Crippen molar-refractivity contribution in [3.05, 3.63) is 53.9 Å². The van der Waals surface area contributed by atoms with E-state index in [0.29, 0.717) is 24.2 Å². The number of nitrogens with zero attached hydrogens (tertiary/aromatic N) is 5. The standard InChI is InChI=1S/C20H26N6O.ClH/c1-14(2)15-4-6-16(7-5-15)19-23-18(27-24-19)13-26-11-8-21-12-17(26)20-22-9-10-25(20)3;/h4-7,9-10,14,17,21H,8,11-13H2,1-3H3;1H. The first kappa shape index (κ1) is 20.5. The monoisotopic (exact) mass is 402 g/mol. The van der Waals surface area contributed by atoms with E-state index < -0.39 is 0 Å². The van der Waals surface area contributed by atoms with Gasteiger partial charge in [-0.3, -0.25) is 4.90 Å². The lowest BCUT2D eigenvalue weighted by molar-refractivity contribution is 0.128. The third-order valence-corrected chi connectivity index (χ3v) is 5.15. The van der Waals surface area contributed by atoms with E-state index in [0.717, 1.165) is 31.0 Å². The van der Waals surface area contributed by atoms with E-state index in [1.807, 2.05) is 19.4 Å². The van der Waals surface area contributed by atoms with Gasteiger partial charge in [-0.2, -0.15) is 4.98 Å². The van der Waals surface area contributed by atoms with Crippen molar-refractivity contribution in [1.82, 2.24) is 29.9 Å². The smallest absolute Gasteiger partial charge is 0.241 e. The molecule has 1 aliphatic heterocycles. The number of halogens is 1. The maximum atomic E-state index is 5.55. The zero-order chi connectivity index (χ0) is 18.8. The number of aryl methyl sites for hydroxylation is 1. The number of hydrogen-bond donors (Lipinski definition) is 1. The van der Waals surface area contributed by atoms with Crippen LogP contribution in [0.15, 0.2) is 41.2 Å². The Morgan fingerprint density at radius 1 is 1.25 bits per heavy atom. The lowest BCUT2D eigenvalue weighted by Gasteiger charge is -2.34. The fourth-order valence-electron chi connectivity index (χ4n) is 3.52. The summed E-state index contributed by atoms with van der Waals surface area (Å²) in [5, 5.41) is 7.63. The fourth-order valence-corrected chi connectivity index (χ4v) is 3.52. The average molecular weight is 403 g/mol. The Bertz CT molecular complexity index is 888. The van der Waals surface area contributed by atoms with E-state index in [1.54, 1.807) is 0 Å². The molecule has 1 aliphatic rings. The maximum absolute atomic E-state index is 5.55. The number of aromatic nitrogens is 4. The van der Waals surface area contributed by atoms with Crippen molar-refractivity contribution in [1.29, 1.82) is 0 Å². The molecule has 1 atom stereocenters. The van der Waals surface area contributed by atoms with Crippen LogP contribution in [-0.4, -0.2) is 44.2 Å². The number of imidazole rings is 1. The predicted molar refractivity (Wildman–Crippen MR) is 110 cm³/mol. The lowest BCUT2D eigenvalue weighted by Crippen LogP contribution is -2.46. The topological polar surface area (TPSA) is 72.0 Å². The molecule has 0 radical (unpaired) electrons. The van der Waals surface area contributed by atoms with Crippen molar-refractivity contribution in [3.8, 4) is 11.4 Å². The molecule has 28 heavy (non-hydrogen) atoms. The van der Waals surface area contributed by atoms with Gasteiger partial charge in [0, 0.05) is 44.6 Å². The Labute approximate surface area is 171 Å². The van der Waals surface area contributed by atoms with E-state index >= 15 is 0 Å². The van der Waals surface area contributed by atoms with Gasteiger partial charge < -0.3 is 14.4 Å². The van der Waals surface area contributed by atoms with Crippen molar-refractivity contribution < 1.29 is 4.52 Å². The molecule has 1 unspecified atom stereocenters. The number of benzene rings is 1. The Morgan fingerprint density at radius 2 is 2.04 bits per heavy atom. The largest absolute Gasteiger partial charge is 0.338 e. The summed E-state index contributed by atoms with van der Waals surface area (Å²) in [7, 11) is 2.03. The van der Waals surface area contributed by atoms with Gasteiger partial charge in [0.25, 0.3) is 0 Å². The van der Waals surface area contributed by atoms with Crippen molar-refractivity contribution in [2.24, 2.45) is 7.05 Å². The van der Waals surface area contributed by atoms with Crippen LogP contribution in [0, 0.1) is 0 Å². The molecule has 0 bridgehead atoms. The second kappa shape index (κ2) is 8.86. The molecule has 2 aromatic heterocycles. The van der Waals surface area contributed by atoms with Gasteiger partial charge in [-0.15, -0.1) is 12.4 Å². The van der Waals surface area contributed by atoms with E-state index in [2.05, 4.69) is 68.0 Å². The van der Waals surface area contributed by atoms with Crippen molar-refractivity contribution in [3.63, 3.8) is 0 Å². The number of hydrogen-bond acceptors (Lipinski definition) is 6. The Hall–Kier alpha value is -2.22. The Morgan fingerprint density at radius 3 is 2.71 bits per heavy atom. The van der Waals surface area contributed by atoms with Crippen LogP contribution >= 0.6 is 12.4 Å². The Balaban J connectivity index is 0.00000225. The number of piperazine rings is 1. The van der Waals surface area contributed by atoms with Gasteiger partial charge in [0.2, 0.25) is 11.7 Å². The second-order valence-electron chi connectivity index (χ2n) is 7.38. The summed E-state index contributed by atoms with van der Waals surface area (Å²) in [5.41, 5.74) is 2.29. The van der Waals surface area contributed by atoms with Crippen molar-refractivity contribution >= 4 is 12.4 Å². The highest BCUT2D eigenvalue weighted by atomic mass is 35.5. The summed E-state index contributed by atoms with van der Waals surface area (Å²) in [6, 6.07) is 8.57. The maximum Gasteiger partial charge on any atom is 0.241 e. The van der Waals surface area contributed by atoms with Gasteiger partial charge in [0.1, 0.15) is 5.82 Å². The third-order valence-electron chi connectivity index (χ3n) is 5.15. The summed E-state index contributed by atoms with van der Waals surface area (Å²) < 4.78 is 7.61. The normalized spacial score (nSPS) is 17.6. The van der Waals surface area contributed by atoms with Crippen LogP contribution in [0.5, 0.6) is 0 Å². The highest BCUT2D eigenvalue weighted by Gasteiger charge is 2.28. The molecule has 0 aliphatic carbocycles. The summed E-state index contributed by atoms with van der Waals surface area (Å²) in [5.74, 6) is 2.84. The molecule has 1 saturated heterocycles. The van der Waals surface area contributed by atoms with Crippen LogP contribution in [-0.2, 0) is 13.6 Å². The zero-order valence-corrected chi connectivity index (χ0v) is 17.3. The van der Waals surface area contributed by atoms with Gasteiger partial charge in [0.15, 0.2) is 0 Å². The third kappa shape index (κ3) is 4.27. The molecule has 1 fully saturated rings. The predicted octanol–water partition coefficient (Wildman–Crippen LogP) is 3.16. The van der Waals surface area contributed by atoms with E-state index in [4.69, 9.17) is 4.52 Å². The minimum Gasteiger partial charge on any atom is -0.338 e. The minimum atomic E-state index is 0. The van der Waals surface area contributed by atoms with Crippen LogP contribution in [0.1, 0.15) is 43.1 Å². The first-order valence-corrected chi connectivity index (χ1v) is 9.46. The van der Waals surface area contributed by atoms with Gasteiger partial charge in [-0.1, -0.05) is 43.3 Å². The van der Waals surface area contributed by atoms with Crippen LogP contribution in [0.4, 0.5) is 0 Å². The van der Waals surface area contributed by atoms with Crippen molar-refractivity contribution in [2.45, 2.75) is 32.4 Å². The fraction of sp³-hybridized carbons (Fsp3) is 0.450. The van der Waals surface area contributed by atoms with Gasteiger partial charge in [0.05, 0.1) is 12.6 Å². The molecular weight excluding hydrogens is 376 g/mol. The van der Waals surface area contributed by atoms with Crippen LogP contribution < -0.4 is 5.32 Å². The summed E-state index contributed by atoms with van der Waals surface area (Å²) >= 11 is 0. The SMILES string of the molecule is CC(C)c1ccc(-c2noc(CN3CCNCC3c3nccn3C)n2)cc1.Cl. The molecule has 1 N–H and O–H groups in total. The molecule has 1 aromatic carbocycles. The van der Waals surface area contributed by atoms with Crippen molar-refractivity contribution in [2.75, 3.05) is 19.6 Å². The van der Waals surface area contributed by atoms with E-state index in [1.165, 1.54) is 5.56 Å². The average Bonchev–Trinajstić information content (AvgIpc) is 3.31. The van der Waals surface area contributed by atoms with Gasteiger partial charge >= 0.3 is 0 Å². The molecule has 8 heteroatoms. The molecule has 3 aromatic rings. The van der Waals surface area contributed by atoms with Gasteiger partial charge in [-0.25, -0.2) is 4.98 Å². The first-order chi connectivity index (χ1) is 13.1. The van der Waals surface area contributed by atoms with E-state index in [-0.39, 0.29) is 18.4 Å². The molecule has 0 amide bonds. The highest BCUT2D eigenvalue weighted by molar-refractivity contribution is 5.85. The lowest BCUT2D eigenvalue weighted by atomic mass is 10.0. The molecule has 7 nitrogen and oxygen atoms in total. The summed E-state index contributed by atoms with van der Waals surface area (Å²) in [6.45, 7) is 7.72. The molecule has 4 rings (SSSR count). The molecule has 0 spiro atoms. The molecule has 3 heterocycles. The Kier molecular flexibility index (Phi) is 6.49. The van der Waals surface area contributed by atoms with Crippen LogP contribution in [0.2, 0.25) is 0 Å². The quantitative estimate of drug-likeness (QED) is 0.706. The zero-order valence-electron chi connectivity index (χ0n) is 16.5. The minimum absolute atomic E-state index is 0. The van der Waals surface area contributed by atoms with Crippen LogP contribution in [0.3, 0.4) is 0 Å². The van der Waals surface area contributed by atoms with Gasteiger partial charge in [-0.05, 0) is 11.5 Å². The second-order valence-corrected chi connectivity index (χ2v) is 7.38. The number of nitrogens with one attached hydrogen (secondary N) is 1. The highest BCUT2D eigenvalue weighted by Crippen LogP contribution is 2.24. The first-order valence-electron chi connectivity index (χ1n) is 9.46.